The van der Waals surface area contributed by atoms with Crippen molar-refractivity contribution >= 4 is 21.7 Å². The molecule has 4 heteroatoms. The summed E-state index contributed by atoms with van der Waals surface area (Å²) in [4.78, 5) is 15.5. The smallest absolute Gasteiger partial charge is 0.180 e. The van der Waals surface area contributed by atoms with Crippen LogP contribution in [0.3, 0.4) is 0 Å². The molecule has 0 spiro atoms. The molecule has 0 bridgehead atoms. The summed E-state index contributed by atoms with van der Waals surface area (Å²) in [5, 5.41) is 0. The Kier molecular flexibility index (Phi) is 4.10. The van der Waals surface area contributed by atoms with E-state index in [2.05, 4.69) is 20.9 Å². The summed E-state index contributed by atoms with van der Waals surface area (Å²) >= 11 is 3.40. The Morgan fingerprint density at radius 1 is 1.28 bits per heavy atom. The average Bonchev–Trinajstić information content (AvgIpc) is 2.41. The molecule has 0 fully saturated rings. The Balaban J connectivity index is 2.16. The van der Waals surface area contributed by atoms with Crippen LogP contribution in [0.2, 0.25) is 0 Å². The first-order valence-corrected chi connectivity index (χ1v) is 6.41. The first-order valence-electron chi connectivity index (χ1n) is 5.62. The topological polar surface area (TPSA) is 39.2 Å². The molecule has 2 rings (SSSR count). The number of nitrogens with zero attached hydrogens (tertiary/aromatic N) is 1. The van der Waals surface area contributed by atoms with Crippen molar-refractivity contribution in [3.63, 3.8) is 0 Å². The van der Waals surface area contributed by atoms with E-state index < -0.39 is 0 Å². The second-order valence-electron chi connectivity index (χ2n) is 3.69. The van der Waals surface area contributed by atoms with Crippen LogP contribution in [0.15, 0.2) is 47.1 Å². The highest BCUT2D eigenvalue weighted by Gasteiger charge is 2.06. The molecule has 0 radical (unpaired) electrons. The van der Waals surface area contributed by atoms with Crippen LogP contribution < -0.4 is 4.74 Å². The van der Waals surface area contributed by atoms with Crippen molar-refractivity contribution in [2.24, 2.45) is 0 Å². The lowest BCUT2D eigenvalue weighted by atomic mass is 10.2. The molecule has 0 aliphatic carbocycles. The maximum atomic E-state index is 11.4. The number of carbonyl (C=O) groups is 1. The van der Waals surface area contributed by atoms with Gasteiger partial charge < -0.3 is 4.74 Å². The van der Waals surface area contributed by atoms with Gasteiger partial charge in [-0.25, -0.2) is 4.98 Å². The average molecular weight is 306 g/mol. The molecule has 1 heterocycles. The number of halogens is 1. The summed E-state index contributed by atoms with van der Waals surface area (Å²) in [7, 11) is 0. The fourth-order valence-corrected chi connectivity index (χ4v) is 1.81. The zero-order valence-electron chi connectivity index (χ0n) is 9.89. The Morgan fingerprint density at radius 2 is 2.06 bits per heavy atom. The number of hydrogen-bond acceptors (Lipinski definition) is 3. The van der Waals surface area contributed by atoms with E-state index in [1.807, 2.05) is 31.2 Å². The van der Waals surface area contributed by atoms with Gasteiger partial charge in [0.15, 0.2) is 5.78 Å². The van der Waals surface area contributed by atoms with Gasteiger partial charge in [0.25, 0.3) is 0 Å². The summed E-state index contributed by atoms with van der Waals surface area (Å²) in [5.41, 5.74) is 0.469. The van der Waals surface area contributed by atoms with Gasteiger partial charge in [0.2, 0.25) is 0 Å². The summed E-state index contributed by atoms with van der Waals surface area (Å²) in [6.07, 6.45) is 2.01. The lowest BCUT2D eigenvalue weighted by Gasteiger charge is -2.07. The summed E-state index contributed by atoms with van der Waals surface area (Å²) in [5.74, 6) is 1.35. The maximum absolute atomic E-state index is 11.4. The third-order valence-electron chi connectivity index (χ3n) is 2.41. The van der Waals surface area contributed by atoms with Crippen LogP contribution in [0, 0.1) is 0 Å². The molecule has 1 aromatic heterocycles. The molecule has 0 amide bonds. The predicted molar refractivity (Wildman–Crippen MR) is 73.1 cm³/mol. The molecule has 0 aliphatic rings. The molecule has 0 saturated heterocycles. The van der Waals surface area contributed by atoms with Gasteiger partial charge in [-0.3, -0.25) is 4.79 Å². The van der Waals surface area contributed by atoms with Crippen LogP contribution in [0.1, 0.15) is 23.8 Å². The molecule has 0 aliphatic heterocycles. The Labute approximate surface area is 114 Å². The fraction of sp³-hybridized carbons (Fsp3) is 0.143. The van der Waals surface area contributed by atoms with Gasteiger partial charge in [-0.2, -0.15) is 0 Å². The summed E-state index contributed by atoms with van der Waals surface area (Å²) in [6.45, 7) is 1.81. The molecule has 18 heavy (non-hydrogen) atoms. The van der Waals surface area contributed by atoms with Gasteiger partial charge in [-0.15, -0.1) is 0 Å². The number of carbonyl (C=O) groups excluding carboxylic acids is 1. The molecule has 0 N–H and O–H groups in total. The van der Waals surface area contributed by atoms with E-state index >= 15 is 0 Å². The van der Waals surface area contributed by atoms with Crippen molar-refractivity contribution in [3.8, 4) is 11.5 Å². The SMILES string of the molecule is CCC(=O)c1ccc(Oc2ccccc2Br)cn1. The predicted octanol–water partition coefficient (Wildman–Crippen LogP) is 4.23. The van der Waals surface area contributed by atoms with E-state index in [1.165, 1.54) is 0 Å². The highest BCUT2D eigenvalue weighted by Crippen LogP contribution is 2.28. The maximum Gasteiger partial charge on any atom is 0.180 e. The Bertz CT molecular complexity index is 552. The standard InChI is InChI=1S/C14H12BrNO2/c1-2-13(17)12-8-7-10(9-16-12)18-14-6-4-3-5-11(14)15/h3-9H,2H2,1H3. The number of pyridine rings is 1. The van der Waals surface area contributed by atoms with Crippen molar-refractivity contribution < 1.29 is 9.53 Å². The molecule has 0 unspecified atom stereocenters. The first kappa shape index (κ1) is 12.8. The van der Waals surface area contributed by atoms with Gasteiger partial charge in [0, 0.05) is 6.42 Å². The van der Waals surface area contributed by atoms with Crippen molar-refractivity contribution in [3.05, 3.63) is 52.8 Å². The van der Waals surface area contributed by atoms with Crippen molar-refractivity contribution in [2.45, 2.75) is 13.3 Å². The monoisotopic (exact) mass is 305 g/mol. The van der Waals surface area contributed by atoms with Gasteiger partial charge >= 0.3 is 0 Å². The van der Waals surface area contributed by atoms with Gasteiger partial charge in [0.1, 0.15) is 17.2 Å². The Morgan fingerprint density at radius 3 is 2.67 bits per heavy atom. The minimum Gasteiger partial charge on any atom is -0.455 e. The van der Waals surface area contributed by atoms with Crippen LogP contribution in [0.25, 0.3) is 0 Å². The van der Waals surface area contributed by atoms with Crippen LogP contribution in [-0.2, 0) is 0 Å². The Hall–Kier alpha value is -1.68. The number of para-hydroxylation sites is 1. The summed E-state index contributed by atoms with van der Waals surface area (Å²) < 4.78 is 6.53. The molecule has 0 atom stereocenters. The minimum absolute atomic E-state index is 0.0300. The molecule has 1 aromatic carbocycles. The zero-order chi connectivity index (χ0) is 13.0. The van der Waals surface area contributed by atoms with E-state index in [4.69, 9.17) is 4.74 Å². The third kappa shape index (κ3) is 2.96. The summed E-state index contributed by atoms with van der Waals surface area (Å²) in [6, 6.07) is 11.0. The second kappa shape index (κ2) is 5.78. The lowest BCUT2D eigenvalue weighted by Crippen LogP contribution is -1.99. The van der Waals surface area contributed by atoms with E-state index in [0.717, 1.165) is 4.47 Å². The molecular weight excluding hydrogens is 294 g/mol. The normalized spacial score (nSPS) is 10.1. The van der Waals surface area contributed by atoms with Crippen LogP contribution in [0.4, 0.5) is 0 Å². The van der Waals surface area contributed by atoms with Crippen LogP contribution >= 0.6 is 15.9 Å². The number of Topliss-reactive ketones (excluding diaryl/α,β-unsaturated/α-hetero) is 1. The van der Waals surface area contributed by atoms with Crippen molar-refractivity contribution in [1.82, 2.24) is 4.98 Å². The number of benzene rings is 1. The second-order valence-corrected chi connectivity index (χ2v) is 4.54. The molecule has 2 aromatic rings. The van der Waals surface area contributed by atoms with Crippen molar-refractivity contribution in [1.29, 1.82) is 0 Å². The number of ketones is 1. The zero-order valence-corrected chi connectivity index (χ0v) is 11.5. The number of ether oxygens (including phenoxy) is 1. The molecule has 3 nitrogen and oxygen atoms in total. The fourth-order valence-electron chi connectivity index (χ4n) is 1.44. The lowest BCUT2D eigenvalue weighted by molar-refractivity contribution is 0.0983. The number of aromatic nitrogens is 1. The number of hydrogen-bond donors (Lipinski definition) is 0. The quantitative estimate of drug-likeness (QED) is 0.794. The highest BCUT2D eigenvalue weighted by molar-refractivity contribution is 9.10. The first-order chi connectivity index (χ1) is 8.70. The van der Waals surface area contributed by atoms with E-state index in [-0.39, 0.29) is 5.78 Å². The minimum atomic E-state index is 0.0300. The van der Waals surface area contributed by atoms with Gasteiger partial charge in [-0.1, -0.05) is 19.1 Å². The largest absolute Gasteiger partial charge is 0.455 e. The van der Waals surface area contributed by atoms with E-state index in [9.17, 15) is 4.79 Å². The third-order valence-corrected chi connectivity index (χ3v) is 3.06. The molecule has 92 valence electrons. The van der Waals surface area contributed by atoms with Gasteiger partial charge in [0.05, 0.1) is 10.7 Å². The van der Waals surface area contributed by atoms with E-state index in [0.29, 0.717) is 23.6 Å². The van der Waals surface area contributed by atoms with Crippen molar-refractivity contribution in [2.75, 3.05) is 0 Å². The van der Waals surface area contributed by atoms with Gasteiger partial charge in [-0.05, 0) is 40.2 Å². The number of rotatable bonds is 4. The van der Waals surface area contributed by atoms with Crippen LogP contribution in [0.5, 0.6) is 11.5 Å². The van der Waals surface area contributed by atoms with Crippen LogP contribution in [-0.4, -0.2) is 10.8 Å². The highest BCUT2D eigenvalue weighted by atomic mass is 79.9. The molecular formula is C14H12BrNO2. The van der Waals surface area contributed by atoms with E-state index in [1.54, 1.807) is 18.3 Å². The molecule has 0 saturated carbocycles.